The highest BCUT2D eigenvalue weighted by molar-refractivity contribution is 7.21. The normalized spacial score (nSPS) is 10.9. The van der Waals surface area contributed by atoms with Crippen LogP contribution in [0.15, 0.2) is 54.6 Å². The van der Waals surface area contributed by atoms with E-state index >= 15 is 0 Å². The van der Waals surface area contributed by atoms with Gasteiger partial charge >= 0.3 is 0 Å². The van der Waals surface area contributed by atoms with Crippen molar-refractivity contribution in [1.29, 1.82) is 0 Å². The zero-order valence-corrected chi connectivity index (χ0v) is 15.6. The first-order valence-electron chi connectivity index (χ1n) is 9.16. The van der Waals surface area contributed by atoms with Crippen molar-refractivity contribution in [3.05, 3.63) is 59.5 Å². The van der Waals surface area contributed by atoms with Gasteiger partial charge in [-0.3, -0.25) is 4.79 Å². The Morgan fingerprint density at radius 2 is 1.64 bits per heavy atom. The Hall–Kier alpha value is -2.13. The van der Waals surface area contributed by atoms with Crippen molar-refractivity contribution in [2.24, 2.45) is 0 Å². The van der Waals surface area contributed by atoms with Gasteiger partial charge in [-0.25, -0.2) is 0 Å². The van der Waals surface area contributed by atoms with Crippen molar-refractivity contribution in [3.8, 4) is 11.1 Å². The molecule has 0 aliphatic carbocycles. The summed E-state index contributed by atoms with van der Waals surface area (Å²) >= 11 is 1.59. The molecular weight excluding hydrogens is 326 g/mol. The van der Waals surface area contributed by atoms with Crippen molar-refractivity contribution in [2.45, 2.75) is 39.0 Å². The number of nitrogens with one attached hydrogen (secondary N) is 1. The lowest BCUT2D eigenvalue weighted by atomic mass is 10.0. The monoisotopic (exact) mass is 351 g/mol. The average Bonchev–Trinajstić information content (AvgIpc) is 3.05. The van der Waals surface area contributed by atoms with Gasteiger partial charge in [-0.2, -0.15) is 0 Å². The van der Waals surface area contributed by atoms with Gasteiger partial charge in [0.05, 0.1) is 0 Å². The molecule has 1 heterocycles. The molecule has 0 saturated carbocycles. The Kier molecular flexibility index (Phi) is 6.24. The van der Waals surface area contributed by atoms with Gasteiger partial charge in [-0.1, -0.05) is 81.1 Å². The standard InChI is InChI=1S/C22H25NOS/c1-2-3-4-5-11-16-23-22(24)21-20(17-12-7-6-8-13-17)18-14-9-10-15-19(18)25-21/h6-10,12-15H,2-5,11,16H2,1H3,(H,23,24). The third-order valence-electron chi connectivity index (χ3n) is 4.43. The quantitative estimate of drug-likeness (QED) is 0.476. The van der Waals surface area contributed by atoms with Crippen LogP contribution in [0.1, 0.15) is 48.7 Å². The lowest BCUT2D eigenvalue weighted by Crippen LogP contribution is -2.24. The van der Waals surface area contributed by atoms with Crippen LogP contribution in [-0.4, -0.2) is 12.5 Å². The summed E-state index contributed by atoms with van der Waals surface area (Å²) in [5.74, 6) is 0.0514. The number of unbranched alkanes of at least 4 members (excludes halogenated alkanes) is 4. The summed E-state index contributed by atoms with van der Waals surface area (Å²) < 4.78 is 1.16. The summed E-state index contributed by atoms with van der Waals surface area (Å²) in [4.78, 5) is 13.6. The predicted octanol–water partition coefficient (Wildman–Crippen LogP) is 6.27. The fraction of sp³-hybridized carbons (Fsp3) is 0.318. The van der Waals surface area contributed by atoms with E-state index in [4.69, 9.17) is 0 Å². The van der Waals surface area contributed by atoms with Crippen LogP contribution in [0.25, 0.3) is 21.2 Å². The molecule has 1 N–H and O–H groups in total. The minimum atomic E-state index is 0.0514. The van der Waals surface area contributed by atoms with Gasteiger partial charge in [0, 0.05) is 22.2 Å². The van der Waals surface area contributed by atoms with Gasteiger partial charge in [-0.15, -0.1) is 11.3 Å². The molecule has 0 aliphatic heterocycles. The fourth-order valence-corrected chi connectivity index (χ4v) is 4.25. The lowest BCUT2D eigenvalue weighted by Gasteiger charge is -2.07. The number of benzene rings is 2. The maximum atomic E-state index is 12.8. The van der Waals surface area contributed by atoms with E-state index in [0.717, 1.165) is 39.1 Å². The molecule has 3 heteroatoms. The van der Waals surface area contributed by atoms with Crippen molar-refractivity contribution < 1.29 is 4.79 Å². The van der Waals surface area contributed by atoms with E-state index in [1.807, 2.05) is 30.3 Å². The van der Waals surface area contributed by atoms with Crippen LogP contribution in [0.3, 0.4) is 0 Å². The molecule has 3 rings (SSSR count). The number of rotatable bonds is 8. The molecule has 0 fully saturated rings. The topological polar surface area (TPSA) is 29.1 Å². The second-order valence-electron chi connectivity index (χ2n) is 6.34. The van der Waals surface area contributed by atoms with E-state index in [1.165, 1.54) is 25.7 Å². The third-order valence-corrected chi connectivity index (χ3v) is 5.60. The van der Waals surface area contributed by atoms with Gasteiger partial charge in [0.1, 0.15) is 4.88 Å². The first-order valence-corrected chi connectivity index (χ1v) is 9.98. The molecule has 25 heavy (non-hydrogen) atoms. The molecule has 1 amide bonds. The maximum absolute atomic E-state index is 12.8. The molecule has 0 bridgehead atoms. The van der Waals surface area contributed by atoms with Gasteiger partial charge < -0.3 is 5.32 Å². The number of hydrogen-bond acceptors (Lipinski definition) is 2. The molecular formula is C22H25NOS. The number of fused-ring (bicyclic) bond motifs is 1. The third kappa shape index (κ3) is 4.29. The molecule has 3 aromatic rings. The Labute approximate surface area is 153 Å². The van der Waals surface area contributed by atoms with E-state index in [2.05, 4.69) is 36.5 Å². The number of hydrogen-bond donors (Lipinski definition) is 1. The Morgan fingerprint density at radius 3 is 2.44 bits per heavy atom. The van der Waals surface area contributed by atoms with E-state index in [9.17, 15) is 4.79 Å². The minimum absolute atomic E-state index is 0.0514. The first-order chi connectivity index (χ1) is 12.3. The highest BCUT2D eigenvalue weighted by atomic mass is 32.1. The maximum Gasteiger partial charge on any atom is 0.262 e. The second-order valence-corrected chi connectivity index (χ2v) is 7.39. The predicted molar refractivity (Wildman–Crippen MR) is 108 cm³/mol. The van der Waals surface area contributed by atoms with Gasteiger partial charge in [-0.05, 0) is 18.1 Å². The van der Waals surface area contributed by atoms with E-state index in [0.29, 0.717) is 0 Å². The summed E-state index contributed by atoms with van der Waals surface area (Å²) in [5.41, 5.74) is 2.16. The van der Waals surface area contributed by atoms with Crippen molar-refractivity contribution in [1.82, 2.24) is 5.32 Å². The van der Waals surface area contributed by atoms with Crippen molar-refractivity contribution in [3.63, 3.8) is 0 Å². The van der Waals surface area contributed by atoms with Gasteiger partial charge in [0.2, 0.25) is 0 Å². The van der Waals surface area contributed by atoms with Crippen LogP contribution in [-0.2, 0) is 0 Å². The van der Waals surface area contributed by atoms with E-state index < -0.39 is 0 Å². The van der Waals surface area contributed by atoms with Crippen LogP contribution in [0.5, 0.6) is 0 Å². The highest BCUT2D eigenvalue weighted by Gasteiger charge is 2.19. The summed E-state index contributed by atoms with van der Waals surface area (Å²) in [7, 11) is 0. The molecule has 1 aromatic heterocycles. The van der Waals surface area contributed by atoms with E-state index in [1.54, 1.807) is 11.3 Å². The number of carbonyl (C=O) groups excluding carboxylic acids is 1. The van der Waals surface area contributed by atoms with Crippen LogP contribution >= 0.6 is 11.3 Å². The number of amides is 1. The largest absolute Gasteiger partial charge is 0.351 e. The molecule has 0 radical (unpaired) electrons. The minimum Gasteiger partial charge on any atom is -0.351 e. The molecule has 0 atom stereocenters. The molecule has 2 aromatic carbocycles. The average molecular weight is 352 g/mol. The second kappa shape index (κ2) is 8.82. The molecule has 0 aliphatic rings. The summed E-state index contributed by atoms with van der Waals surface area (Å²) in [6.45, 7) is 2.97. The van der Waals surface area contributed by atoms with Gasteiger partial charge in [0.25, 0.3) is 5.91 Å². The zero-order valence-electron chi connectivity index (χ0n) is 14.8. The first kappa shape index (κ1) is 17.7. The fourth-order valence-electron chi connectivity index (χ4n) is 3.11. The van der Waals surface area contributed by atoms with Crippen LogP contribution in [0, 0.1) is 0 Å². The van der Waals surface area contributed by atoms with Crippen molar-refractivity contribution in [2.75, 3.05) is 6.54 Å². The number of carbonyl (C=O) groups is 1. The molecule has 2 nitrogen and oxygen atoms in total. The lowest BCUT2D eigenvalue weighted by molar-refractivity contribution is 0.0957. The van der Waals surface area contributed by atoms with E-state index in [-0.39, 0.29) is 5.91 Å². The Morgan fingerprint density at radius 1 is 0.920 bits per heavy atom. The number of thiophene rings is 1. The van der Waals surface area contributed by atoms with Crippen LogP contribution in [0.2, 0.25) is 0 Å². The SMILES string of the molecule is CCCCCCCNC(=O)c1sc2ccccc2c1-c1ccccc1. The van der Waals surface area contributed by atoms with Crippen LogP contribution in [0.4, 0.5) is 0 Å². The molecule has 0 spiro atoms. The molecule has 0 unspecified atom stereocenters. The highest BCUT2D eigenvalue weighted by Crippen LogP contribution is 2.38. The Balaban J connectivity index is 1.80. The van der Waals surface area contributed by atoms with Gasteiger partial charge in [0.15, 0.2) is 0 Å². The molecule has 130 valence electrons. The smallest absolute Gasteiger partial charge is 0.262 e. The van der Waals surface area contributed by atoms with Crippen LogP contribution < -0.4 is 5.32 Å². The Bertz CT molecular complexity index is 822. The molecule has 0 saturated heterocycles. The zero-order chi connectivity index (χ0) is 17.5. The summed E-state index contributed by atoms with van der Waals surface area (Å²) in [6, 6.07) is 18.5. The summed E-state index contributed by atoms with van der Waals surface area (Å²) in [5, 5.41) is 4.28. The van der Waals surface area contributed by atoms with Crippen molar-refractivity contribution >= 4 is 27.3 Å². The summed E-state index contributed by atoms with van der Waals surface area (Å²) in [6.07, 6.45) is 6.02.